The predicted molar refractivity (Wildman–Crippen MR) is 48.9 cm³/mol. The molecule has 1 aliphatic heterocycles. The fourth-order valence-electron chi connectivity index (χ4n) is 1.20. The Hall–Kier alpha value is -0.0800. The summed E-state index contributed by atoms with van der Waals surface area (Å²) >= 11 is 0. The highest BCUT2D eigenvalue weighted by Gasteiger charge is 2.09. The van der Waals surface area contributed by atoms with Gasteiger partial charge in [0.2, 0.25) is 0 Å². The van der Waals surface area contributed by atoms with Gasteiger partial charge in [0.15, 0.2) is 0 Å². The van der Waals surface area contributed by atoms with Gasteiger partial charge >= 0.3 is 0 Å². The molecule has 1 aliphatic rings. The summed E-state index contributed by atoms with van der Waals surface area (Å²) in [4.78, 5) is 2.32. The second-order valence-corrected chi connectivity index (χ2v) is 2.80. The first-order valence-corrected chi connectivity index (χ1v) is 4.59. The third-order valence-electron chi connectivity index (χ3n) is 1.66. The van der Waals surface area contributed by atoms with Crippen LogP contribution in [0.5, 0.6) is 0 Å². The number of hydrogen-bond donors (Lipinski definition) is 0. The molecule has 0 bridgehead atoms. The van der Waals surface area contributed by atoms with Gasteiger partial charge in [0, 0.05) is 19.7 Å². The van der Waals surface area contributed by atoms with E-state index in [1.54, 1.807) is 0 Å². The van der Waals surface area contributed by atoms with Crippen molar-refractivity contribution in [3.8, 4) is 0 Å². The lowest BCUT2D eigenvalue weighted by Crippen LogP contribution is -2.25. The van der Waals surface area contributed by atoms with Gasteiger partial charge < -0.3 is 9.64 Å². The van der Waals surface area contributed by atoms with Crippen LogP contribution in [0.4, 0.5) is 0 Å². The normalized spacial score (nSPS) is 26.7. The predicted octanol–water partition coefficient (Wildman–Crippen LogP) is 1.75. The molecule has 2 heteroatoms. The maximum Gasteiger partial charge on any atom is 0.0673 e. The lowest BCUT2D eigenvalue weighted by Gasteiger charge is -2.14. The second-order valence-electron chi connectivity index (χ2n) is 2.80. The summed E-state index contributed by atoms with van der Waals surface area (Å²) in [5, 5.41) is 0. The Bertz CT molecular complexity index is 75.6. The molecule has 0 radical (unpaired) electrons. The van der Waals surface area contributed by atoms with Gasteiger partial charge in [-0.2, -0.15) is 0 Å². The zero-order valence-corrected chi connectivity index (χ0v) is 8.26. The molecular formula is C9H21NO. The van der Waals surface area contributed by atoms with E-state index in [1.165, 1.54) is 13.0 Å². The van der Waals surface area contributed by atoms with E-state index in [4.69, 9.17) is 4.74 Å². The van der Waals surface area contributed by atoms with Crippen molar-refractivity contribution >= 4 is 0 Å². The van der Waals surface area contributed by atoms with Crippen LogP contribution in [0.25, 0.3) is 0 Å². The van der Waals surface area contributed by atoms with Crippen molar-refractivity contribution in [1.29, 1.82) is 0 Å². The molecular weight excluding hydrogens is 138 g/mol. The smallest absolute Gasteiger partial charge is 0.0673 e. The molecule has 2 nitrogen and oxygen atoms in total. The standard InChI is InChI=1S/C7H15NO.C2H6/c1-7-6-8(2)4-3-5-9-7;1-2/h7H,3-6H2,1-2H3;1-2H3/t7-;/m1./s1. The van der Waals surface area contributed by atoms with Gasteiger partial charge in [0.1, 0.15) is 0 Å². The van der Waals surface area contributed by atoms with E-state index in [9.17, 15) is 0 Å². The second kappa shape index (κ2) is 6.62. The van der Waals surface area contributed by atoms with Crippen molar-refractivity contribution in [2.45, 2.75) is 33.3 Å². The number of ether oxygens (including phenoxy) is 1. The van der Waals surface area contributed by atoms with Crippen LogP contribution < -0.4 is 0 Å². The molecule has 0 aliphatic carbocycles. The summed E-state index contributed by atoms with van der Waals surface area (Å²) in [5.41, 5.74) is 0. The Morgan fingerprint density at radius 1 is 1.36 bits per heavy atom. The maximum atomic E-state index is 5.43. The van der Waals surface area contributed by atoms with Gasteiger partial charge in [0.25, 0.3) is 0 Å². The Labute approximate surface area is 70.5 Å². The minimum absolute atomic E-state index is 0.428. The fourth-order valence-corrected chi connectivity index (χ4v) is 1.20. The molecule has 0 aromatic heterocycles. The van der Waals surface area contributed by atoms with Crippen molar-refractivity contribution in [3.63, 3.8) is 0 Å². The third kappa shape index (κ3) is 5.22. The lowest BCUT2D eigenvalue weighted by atomic mass is 10.4. The summed E-state index contributed by atoms with van der Waals surface area (Å²) in [7, 11) is 2.14. The fraction of sp³-hybridized carbons (Fsp3) is 1.00. The van der Waals surface area contributed by atoms with Crippen molar-refractivity contribution < 1.29 is 4.74 Å². The van der Waals surface area contributed by atoms with E-state index in [2.05, 4.69) is 18.9 Å². The van der Waals surface area contributed by atoms with Crippen LogP contribution in [0.1, 0.15) is 27.2 Å². The molecule has 11 heavy (non-hydrogen) atoms. The van der Waals surface area contributed by atoms with E-state index in [0.29, 0.717) is 6.10 Å². The molecule has 0 N–H and O–H groups in total. The van der Waals surface area contributed by atoms with Crippen molar-refractivity contribution in [2.75, 3.05) is 26.7 Å². The summed E-state index contributed by atoms with van der Waals surface area (Å²) < 4.78 is 5.43. The highest BCUT2D eigenvalue weighted by Crippen LogP contribution is 2.01. The zero-order valence-electron chi connectivity index (χ0n) is 8.26. The molecule has 1 atom stereocenters. The number of likely N-dealkylation sites (N-methyl/N-ethyl adjacent to an activating group) is 1. The molecule has 0 unspecified atom stereocenters. The molecule has 1 saturated heterocycles. The molecule has 1 fully saturated rings. The topological polar surface area (TPSA) is 12.5 Å². The summed E-state index contributed by atoms with van der Waals surface area (Å²) in [5.74, 6) is 0. The average molecular weight is 159 g/mol. The largest absolute Gasteiger partial charge is 0.377 e. The van der Waals surface area contributed by atoms with Gasteiger partial charge in [-0.3, -0.25) is 0 Å². The van der Waals surface area contributed by atoms with Crippen LogP contribution >= 0.6 is 0 Å². The molecule has 0 spiro atoms. The highest BCUT2D eigenvalue weighted by atomic mass is 16.5. The van der Waals surface area contributed by atoms with Gasteiger partial charge in [0.05, 0.1) is 6.10 Å². The van der Waals surface area contributed by atoms with E-state index in [1.807, 2.05) is 13.8 Å². The van der Waals surface area contributed by atoms with E-state index in [0.717, 1.165) is 13.2 Å². The van der Waals surface area contributed by atoms with Crippen molar-refractivity contribution in [1.82, 2.24) is 4.90 Å². The molecule has 1 rings (SSSR count). The first kappa shape index (κ1) is 10.9. The van der Waals surface area contributed by atoms with Crippen molar-refractivity contribution in [2.24, 2.45) is 0 Å². The highest BCUT2D eigenvalue weighted by molar-refractivity contribution is 4.61. The minimum atomic E-state index is 0.428. The number of nitrogens with zero attached hydrogens (tertiary/aromatic N) is 1. The average Bonchev–Trinajstić information content (AvgIpc) is 2.18. The first-order valence-electron chi connectivity index (χ1n) is 4.59. The van der Waals surface area contributed by atoms with Crippen LogP contribution in [0.15, 0.2) is 0 Å². The molecule has 0 saturated carbocycles. The summed E-state index contributed by atoms with van der Waals surface area (Å²) in [6, 6.07) is 0. The summed E-state index contributed by atoms with van der Waals surface area (Å²) in [6.07, 6.45) is 1.61. The molecule has 68 valence electrons. The van der Waals surface area contributed by atoms with E-state index in [-0.39, 0.29) is 0 Å². The number of rotatable bonds is 0. The van der Waals surface area contributed by atoms with Crippen LogP contribution in [0, 0.1) is 0 Å². The van der Waals surface area contributed by atoms with E-state index < -0.39 is 0 Å². The van der Waals surface area contributed by atoms with Gasteiger partial charge in [-0.25, -0.2) is 0 Å². The first-order chi connectivity index (χ1) is 5.29. The SMILES string of the molecule is CC.C[C@@H]1CN(C)CCCO1. The minimum Gasteiger partial charge on any atom is -0.377 e. The van der Waals surface area contributed by atoms with Gasteiger partial charge in [-0.1, -0.05) is 13.8 Å². The maximum absolute atomic E-state index is 5.43. The Balaban J connectivity index is 0.000000461. The molecule has 0 amide bonds. The van der Waals surface area contributed by atoms with Gasteiger partial charge in [-0.15, -0.1) is 0 Å². The van der Waals surface area contributed by atoms with E-state index >= 15 is 0 Å². The monoisotopic (exact) mass is 159 g/mol. The van der Waals surface area contributed by atoms with Crippen LogP contribution in [0.2, 0.25) is 0 Å². The van der Waals surface area contributed by atoms with Gasteiger partial charge in [-0.05, 0) is 20.4 Å². The molecule has 0 aromatic rings. The Kier molecular flexibility index (Phi) is 6.57. The lowest BCUT2D eigenvalue weighted by molar-refractivity contribution is 0.0709. The van der Waals surface area contributed by atoms with Crippen LogP contribution in [0.3, 0.4) is 0 Å². The number of hydrogen-bond acceptors (Lipinski definition) is 2. The third-order valence-corrected chi connectivity index (χ3v) is 1.66. The van der Waals surface area contributed by atoms with Crippen LogP contribution in [-0.4, -0.2) is 37.7 Å². The molecule has 0 aromatic carbocycles. The Morgan fingerprint density at radius 2 is 2.00 bits per heavy atom. The zero-order chi connectivity index (χ0) is 8.69. The molecule has 1 heterocycles. The van der Waals surface area contributed by atoms with Crippen molar-refractivity contribution in [3.05, 3.63) is 0 Å². The quantitative estimate of drug-likeness (QED) is 0.534. The summed E-state index contributed by atoms with van der Waals surface area (Å²) in [6.45, 7) is 9.33. The Morgan fingerprint density at radius 3 is 2.64 bits per heavy atom. The van der Waals surface area contributed by atoms with Crippen LogP contribution in [-0.2, 0) is 4.74 Å².